The molecule has 0 unspecified atom stereocenters. The first-order valence-electron chi connectivity index (χ1n) is 5.90. The summed E-state index contributed by atoms with van der Waals surface area (Å²) in [5, 5.41) is 11.5. The fraction of sp³-hybridized carbons (Fsp3) is 0.385. The topological polar surface area (TPSA) is 75.6 Å². The molecule has 0 aliphatic carbocycles. The Morgan fingerprint density at radius 3 is 2.94 bits per heavy atom. The first kappa shape index (κ1) is 12.6. The van der Waals surface area contributed by atoms with Gasteiger partial charge in [0.05, 0.1) is 18.1 Å². The van der Waals surface area contributed by atoms with Crippen molar-refractivity contribution in [2.75, 3.05) is 11.9 Å². The molecule has 1 aromatic rings. The van der Waals surface area contributed by atoms with Crippen molar-refractivity contribution in [2.45, 2.75) is 25.4 Å². The third-order valence-corrected chi connectivity index (χ3v) is 2.83. The summed E-state index contributed by atoms with van der Waals surface area (Å²) in [6.45, 7) is 0.715. The Hall–Kier alpha value is -1.88. The maximum absolute atomic E-state index is 11.7. The Morgan fingerprint density at radius 1 is 1.44 bits per heavy atom. The van der Waals surface area contributed by atoms with Gasteiger partial charge in [0.1, 0.15) is 0 Å². The summed E-state index contributed by atoms with van der Waals surface area (Å²) in [7, 11) is 0. The molecule has 0 aromatic heterocycles. The fourth-order valence-electron chi connectivity index (χ4n) is 1.95. The van der Waals surface area contributed by atoms with Gasteiger partial charge in [-0.05, 0) is 31.0 Å². The van der Waals surface area contributed by atoms with Gasteiger partial charge in [0.2, 0.25) is 5.91 Å². The van der Waals surface area contributed by atoms with Crippen molar-refractivity contribution >= 4 is 17.6 Å². The van der Waals surface area contributed by atoms with E-state index in [-0.39, 0.29) is 17.6 Å². The van der Waals surface area contributed by atoms with E-state index in [0.29, 0.717) is 18.7 Å². The molecule has 5 nitrogen and oxygen atoms in total. The molecule has 1 aliphatic heterocycles. The number of benzene rings is 1. The predicted octanol–water partition coefficient (Wildman–Crippen LogP) is 1.89. The second kappa shape index (κ2) is 5.64. The molecule has 0 spiro atoms. The van der Waals surface area contributed by atoms with Crippen LogP contribution in [-0.2, 0) is 9.53 Å². The molecule has 0 saturated carbocycles. The molecule has 1 heterocycles. The zero-order chi connectivity index (χ0) is 13.0. The molecule has 0 radical (unpaired) electrons. The van der Waals surface area contributed by atoms with Crippen molar-refractivity contribution in [1.82, 2.24) is 0 Å². The molecule has 1 aromatic carbocycles. The van der Waals surface area contributed by atoms with Gasteiger partial charge in [0, 0.05) is 12.3 Å². The zero-order valence-electron chi connectivity index (χ0n) is 9.89. The third-order valence-electron chi connectivity index (χ3n) is 2.83. The SMILES string of the molecule is O=C(C[C@@H]1CCCO1)Nc1cccc(C(=O)O)c1. The predicted molar refractivity (Wildman–Crippen MR) is 65.6 cm³/mol. The highest BCUT2D eigenvalue weighted by atomic mass is 16.5. The van der Waals surface area contributed by atoms with E-state index in [2.05, 4.69) is 5.32 Å². The van der Waals surface area contributed by atoms with Crippen LogP contribution in [0.25, 0.3) is 0 Å². The molecule has 1 atom stereocenters. The van der Waals surface area contributed by atoms with Crippen LogP contribution in [0.3, 0.4) is 0 Å². The maximum Gasteiger partial charge on any atom is 0.335 e. The van der Waals surface area contributed by atoms with E-state index >= 15 is 0 Å². The third kappa shape index (κ3) is 3.30. The monoisotopic (exact) mass is 249 g/mol. The molecule has 96 valence electrons. The molecule has 2 rings (SSSR count). The second-order valence-corrected chi connectivity index (χ2v) is 4.27. The highest BCUT2D eigenvalue weighted by Crippen LogP contribution is 2.17. The Morgan fingerprint density at radius 2 is 2.28 bits per heavy atom. The number of carboxylic acid groups (broad SMARTS) is 1. The summed E-state index contributed by atoms with van der Waals surface area (Å²) in [5.41, 5.74) is 0.655. The molecule has 1 amide bonds. The first-order chi connectivity index (χ1) is 8.65. The van der Waals surface area contributed by atoms with E-state index in [1.165, 1.54) is 12.1 Å². The van der Waals surface area contributed by atoms with Crippen LogP contribution >= 0.6 is 0 Å². The van der Waals surface area contributed by atoms with E-state index < -0.39 is 5.97 Å². The summed E-state index contributed by atoms with van der Waals surface area (Å²) in [4.78, 5) is 22.5. The number of anilines is 1. The molecule has 2 N–H and O–H groups in total. The minimum atomic E-state index is -1.01. The smallest absolute Gasteiger partial charge is 0.335 e. The number of aromatic carboxylic acids is 1. The summed E-state index contributed by atoms with van der Waals surface area (Å²) in [6, 6.07) is 6.19. The average molecular weight is 249 g/mol. The van der Waals surface area contributed by atoms with Crippen molar-refractivity contribution in [1.29, 1.82) is 0 Å². The van der Waals surface area contributed by atoms with Gasteiger partial charge in [-0.15, -0.1) is 0 Å². The lowest BCUT2D eigenvalue weighted by Crippen LogP contribution is -2.19. The van der Waals surface area contributed by atoms with E-state index in [0.717, 1.165) is 12.8 Å². The number of carboxylic acids is 1. The van der Waals surface area contributed by atoms with Gasteiger partial charge in [-0.25, -0.2) is 4.79 Å². The van der Waals surface area contributed by atoms with Crippen LogP contribution in [0, 0.1) is 0 Å². The van der Waals surface area contributed by atoms with Crippen LogP contribution in [0.5, 0.6) is 0 Å². The summed E-state index contributed by atoms with van der Waals surface area (Å²) >= 11 is 0. The summed E-state index contributed by atoms with van der Waals surface area (Å²) in [6.07, 6.45) is 2.21. The van der Waals surface area contributed by atoms with Gasteiger partial charge in [0.25, 0.3) is 0 Å². The number of hydrogen-bond donors (Lipinski definition) is 2. The minimum absolute atomic E-state index is 0.00680. The summed E-state index contributed by atoms with van der Waals surface area (Å²) in [5.74, 6) is -1.16. The molecule has 1 fully saturated rings. The molecular formula is C13H15NO4. The summed E-state index contributed by atoms with van der Waals surface area (Å²) < 4.78 is 5.37. The van der Waals surface area contributed by atoms with Crippen molar-refractivity contribution in [3.05, 3.63) is 29.8 Å². The quantitative estimate of drug-likeness (QED) is 0.854. The van der Waals surface area contributed by atoms with Crippen molar-refractivity contribution in [3.8, 4) is 0 Å². The lowest BCUT2D eigenvalue weighted by Gasteiger charge is -2.10. The number of amides is 1. The molecule has 1 saturated heterocycles. The minimum Gasteiger partial charge on any atom is -0.478 e. The van der Waals surface area contributed by atoms with Gasteiger partial charge in [-0.3, -0.25) is 4.79 Å². The van der Waals surface area contributed by atoms with Gasteiger partial charge >= 0.3 is 5.97 Å². The lowest BCUT2D eigenvalue weighted by molar-refractivity contribution is -0.118. The highest BCUT2D eigenvalue weighted by Gasteiger charge is 2.19. The molecule has 18 heavy (non-hydrogen) atoms. The van der Waals surface area contributed by atoms with Crippen LogP contribution in [-0.4, -0.2) is 29.7 Å². The van der Waals surface area contributed by atoms with Gasteiger partial charge in [-0.1, -0.05) is 6.07 Å². The Bertz CT molecular complexity index is 452. The van der Waals surface area contributed by atoms with Gasteiger partial charge in [-0.2, -0.15) is 0 Å². The van der Waals surface area contributed by atoms with Gasteiger partial charge < -0.3 is 15.2 Å². The van der Waals surface area contributed by atoms with Crippen molar-refractivity contribution < 1.29 is 19.4 Å². The Kier molecular flexibility index (Phi) is 3.94. The number of carbonyl (C=O) groups excluding carboxylic acids is 1. The molecule has 5 heteroatoms. The second-order valence-electron chi connectivity index (χ2n) is 4.27. The number of ether oxygens (including phenoxy) is 1. The normalized spacial score (nSPS) is 18.6. The van der Waals surface area contributed by atoms with E-state index in [4.69, 9.17) is 9.84 Å². The van der Waals surface area contributed by atoms with Crippen LogP contribution in [0.2, 0.25) is 0 Å². The van der Waals surface area contributed by atoms with E-state index in [1.807, 2.05) is 0 Å². The number of hydrogen-bond acceptors (Lipinski definition) is 3. The fourth-order valence-corrected chi connectivity index (χ4v) is 1.95. The molecular weight excluding hydrogens is 234 g/mol. The van der Waals surface area contributed by atoms with Gasteiger partial charge in [0.15, 0.2) is 0 Å². The van der Waals surface area contributed by atoms with Crippen LogP contribution in [0.15, 0.2) is 24.3 Å². The zero-order valence-corrected chi connectivity index (χ0v) is 9.89. The van der Waals surface area contributed by atoms with Crippen molar-refractivity contribution in [3.63, 3.8) is 0 Å². The number of carbonyl (C=O) groups is 2. The molecule has 0 bridgehead atoms. The lowest BCUT2D eigenvalue weighted by atomic mass is 10.1. The Balaban J connectivity index is 1.93. The van der Waals surface area contributed by atoms with Crippen LogP contribution in [0.4, 0.5) is 5.69 Å². The van der Waals surface area contributed by atoms with E-state index in [1.54, 1.807) is 12.1 Å². The van der Waals surface area contributed by atoms with Crippen molar-refractivity contribution in [2.24, 2.45) is 0 Å². The highest BCUT2D eigenvalue weighted by molar-refractivity contribution is 5.94. The molecule has 1 aliphatic rings. The standard InChI is InChI=1S/C13H15NO4/c15-12(8-11-5-2-6-18-11)14-10-4-1-3-9(7-10)13(16)17/h1,3-4,7,11H,2,5-6,8H2,(H,14,15)(H,16,17)/t11-/m0/s1. The number of nitrogens with one attached hydrogen (secondary N) is 1. The Labute approximate surface area is 105 Å². The van der Waals surface area contributed by atoms with Crippen LogP contribution in [0.1, 0.15) is 29.6 Å². The first-order valence-corrected chi connectivity index (χ1v) is 5.90. The maximum atomic E-state index is 11.7. The number of rotatable bonds is 4. The average Bonchev–Trinajstić information content (AvgIpc) is 2.82. The van der Waals surface area contributed by atoms with Crippen LogP contribution < -0.4 is 5.32 Å². The van der Waals surface area contributed by atoms with E-state index in [9.17, 15) is 9.59 Å². The largest absolute Gasteiger partial charge is 0.478 e.